The monoisotopic (exact) mass is 890 g/mol. The van der Waals surface area contributed by atoms with Crippen LogP contribution in [0.25, 0.3) is 0 Å². The molecule has 4 nitrogen and oxygen atoms in total. The molecule has 8 aliphatic rings. The lowest BCUT2D eigenvalue weighted by atomic mass is 9.82. The van der Waals surface area contributed by atoms with Gasteiger partial charge in [-0.2, -0.15) is 0 Å². The molecule has 1 atom stereocenters. The van der Waals surface area contributed by atoms with Crippen LogP contribution in [0.4, 0.5) is 0 Å². The van der Waals surface area contributed by atoms with Gasteiger partial charge in [0.05, 0.1) is 13.2 Å². The molecule has 8 rings (SSSR count). The van der Waals surface area contributed by atoms with Gasteiger partial charge >= 0.3 is 0 Å². The molecule has 0 aromatic carbocycles. The zero-order valence-electron chi connectivity index (χ0n) is 46.0. The van der Waals surface area contributed by atoms with Crippen molar-refractivity contribution in [2.24, 2.45) is 82.9 Å². The van der Waals surface area contributed by atoms with E-state index in [2.05, 4.69) is 109 Å². The molecule has 4 saturated carbocycles. The van der Waals surface area contributed by atoms with Gasteiger partial charge < -0.3 is 19.1 Å². The number of likely N-dealkylation sites (tertiary alicyclic amines) is 1. The molecule has 63 heavy (non-hydrogen) atoms. The van der Waals surface area contributed by atoms with Crippen molar-refractivity contribution in [2.45, 2.75) is 238 Å². The summed E-state index contributed by atoms with van der Waals surface area (Å²) in [6, 6.07) is 0. The van der Waals surface area contributed by atoms with E-state index in [1.165, 1.54) is 154 Å². The van der Waals surface area contributed by atoms with Crippen LogP contribution in [-0.2, 0) is 14.2 Å². The molecule has 4 aliphatic heterocycles. The summed E-state index contributed by atoms with van der Waals surface area (Å²) < 4.78 is 15.3. The molecule has 0 radical (unpaired) electrons. The molecule has 0 spiro atoms. The number of hydrogen-bond donors (Lipinski definition) is 0. The zero-order valence-corrected chi connectivity index (χ0v) is 46.0. The molecule has 0 aromatic rings. The van der Waals surface area contributed by atoms with E-state index < -0.39 is 0 Å². The second kappa shape index (κ2) is 37.8. The largest absolute Gasteiger partial charge is 0.381 e. The third kappa shape index (κ3) is 31.5. The minimum absolute atomic E-state index is 0.817. The highest BCUT2D eigenvalue weighted by Gasteiger charge is 2.21. The number of nitrogens with zero attached hydrogens (tertiary/aromatic N) is 1. The number of hydrogen-bond acceptors (Lipinski definition) is 4. The van der Waals surface area contributed by atoms with Crippen LogP contribution in [-0.4, -0.2) is 64.7 Å². The summed E-state index contributed by atoms with van der Waals surface area (Å²) in [5, 5.41) is 0. The van der Waals surface area contributed by atoms with E-state index in [-0.39, 0.29) is 0 Å². The number of ether oxygens (including phenoxy) is 3. The quantitative estimate of drug-likeness (QED) is 0.266. The van der Waals surface area contributed by atoms with Crippen LogP contribution in [0.2, 0.25) is 0 Å². The lowest BCUT2D eigenvalue weighted by Crippen LogP contribution is -2.32. The summed E-state index contributed by atoms with van der Waals surface area (Å²) in [7, 11) is 2.22. The molecule has 4 aliphatic carbocycles. The van der Waals surface area contributed by atoms with E-state index in [0.717, 1.165) is 122 Å². The van der Waals surface area contributed by atoms with E-state index in [0.29, 0.717) is 0 Å². The summed E-state index contributed by atoms with van der Waals surface area (Å²) in [5.74, 6) is 13.2. The molecular weight excluding hydrogens is 771 g/mol. The Bertz CT molecular complexity index is 863. The highest BCUT2D eigenvalue weighted by Crippen LogP contribution is 2.32. The minimum Gasteiger partial charge on any atom is -0.381 e. The maximum absolute atomic E-state index is 5.25. The predicted octanol–water partition coefficient (Wildman–Crippen LogP) is 17.5. The lowest BCUT2D eigenvalue weighted by molar-refractivity contribution is -0.0221. The average Bonchev–Trinajstić information content (AvgIpc) is 4.02. The summed E-state index contributed by atoms with van der Waals surface area (Å²) >= 11 is 0. The first kappa shape index (κ1) is 60.9. The van der Waals surface area contributed by atoms with Gasteiger partial charge in [0, 0.05) is 32.3 Å². The molecule has 4 heterocycles. The van der Waals surface area contributed by atoms with Crippen LogP contribution in [0.15, 0.2) is 0 Å². The molecule has 4 saturated heterocycles. The Hall–Kier alpha value is -0.160. The van der Waals surface area contributed by atoms with Crippen LogP contribution < -0.4 is 0 Å². The molecule has 0 N–H and O–H groups in total. The van der Waals surface area contributed by atoms with Gasteiger partial charge in [0.15, 0.2) is 0 Å². The minimum atomic E-state index is 0.817. The first-order valence-electron chi connectivity index (χ1n) is 28.4. The highest BCUT2D eigenvalue weighted by molar-refractivity contribution is 4.73. The fraction of sp³-hybridized carbons (Fsp3) is 1.00. The zero-order chi connectivity index (χ0) is 47.0. The summed E-state index contributed by atoms with van der Waals surface area (Å²) in [6.07, 6.45) is 32.0. The van der Waals surface area contributed by atoms with Gasteiger partial charge in [-0.15, -0.1) is 0 Å². The van der Waals surface area contributed by atoms with Gasteiger partial charge in [0.25, 0.3) is 0 Å². The Morgan fingerprint density at radius 3 is 0.794 bits per heavy atom. The van der Waals surface area contributed by atoms with Crippen LogP contribution in [0.1, 0.15) is 238 Å². The molecule has 0 aromatic heterocycles. The summed E-state index contributed by atoms with van der Waals surface area (Å²) in [6.45, 7) is 41.0. The Morgan fingerprint density at radius 1 is 0.302 bits per heavy atom. The topological polar surface area (TPSA) is 30.9 Å². The van der Waals surface area contributed by atoms with E-state index in [1.54, 1.807) is 0 Å². The maximum Gasteiger partial charge on any atom is 0.0513 e. The Balaban J connectivity index is 0.000000363. The standard InChI is InChI=1S/C9H19N.2C9H18.C8H16O.C8H16.C7H14O.C5H10.C4H8O/c1-8(2)9-4-6-10(3)7-5-9;2*1-8(2)9-6-4-3-5-7-9;1-7(2)8-3-5-9-6-4-8;1-7(2)8-5-3-4-6-8;1-6(2)7-3-4-8-5-7;1-5-3-2-4-5;1-4-2-5-3-4/h8-9H,4-7H2,1-3H3;2*8-9H,3-7H2,1-2H3;7-8H,3-6H2,1-2H3;7-8H,3-6H2,1-2H3;6-7H,3-5H2,1-2H3;5H,2-4H2,1H3;4H,2-3H2,1H3. The van der Waals surface area contributed by atoms with E-state index in [1.807, 2.05) is 0 Å². The molecule has 8 fully saturated rings. The smallest absolute Gasteiger partial charge is 0.0513 e. The van der Waals surface area contributed by atoms with E-state index >= 15 is 0 Å². The number of piperidine rings is 1. The first-order chi connectivity index (χ1) is 30.0. The Labute approximate surface area is 398 Å². The molecule has 1 unspecified atom stereocenters. The van der Waals surface area contributed by atoms with Gasteiger partial charge in [-0.3, -0.25) is 0 Å². The van der Waals surface area contributed by atoms with Crippen LogP contribution >= 0.6 is 0 Å². The average molecular weight is 891 g/mol. The van der Waals surface area contributed by atoms with Crippen molar-refractivity contribution < 1.29 is 14.2 Å². The van der Waals surface area contributed by atoms with Crippen molar-refractivity contribution in [1.82, 2.24) is 4.90 Å². The van der Waals surface area contributed by atoms with E-state index in [9.17, 15) is 0 Å². The van der Waals surface area contributed by atoms with E-state index in [4.69, 9.17) is 14.2 Å². The van der Waals surface area contributed by atoms with Gasteiger partial charge in [-0.05, 0) is 129 Å². The third-order valence-corrected chi connectivity index (χ3v) is 16.5. The van der Waals surface area contributed by atoms with Crippen molar-refractivity contribution >= 4 is 0 Å². The molecule has 378 valence electrons. The second-order valence-electron chi connectivity index (χ2n) is 24.2. The van der Waals surface area contributed by atoms with Gasteiger partial charge in [-0.1, -0.05) is 206 Å². The second-order valence-corrected chi connectivity index (χ2v) is 24.2. The molecule has 0 amide bonds. The predicted molar refractivity (Wildman–Crippen MR) is 280 cm³/mol. The molecule has 4 heteroatoms. The van der Waals surface area contributed by atoms with Crippen molar-refractivity contribution in [3.63, 3.8) is 0 Å². The highest BCUT2D eigenvalue weighted by atomic mass is 16.5. The summed E-state index contributed by atoms with van der Waals surface area (Å²) in [4.78, 5) is 2.43. The van der Waals surface area contributed by atoms with Crippen molar-refractivity contribution in [1.29, 1.82) is 0 Å². The number of rotatable bonds is 6. The fourth-order valence-electron chi connectivity index (χ4n) is 10.3. The van der Waals surface area contributed by atoms with Crippen molar-refractivity contribution in [2.75, 3.05) is 59.8 Å². The molecular formula is C59H119NO3. The SMILES string of the molecule is CC(C)C1CCCC1.CC(C)C1CCCCC1.CC(C)C1CCCCC1.CC(C)C1CCN(C)CC1.CC(C)C1CCOC1.CC(C)C1CCOCC1.CC1CCC1.CC1COC1. The Kier molecular flexibility index (Phi) is 36.5. The van der Waals surface area contributed by atoms with Gasteiger partial charge in [0.1, 0.15) is 0 Å². The van der Waals surface area contributed by atoms with Crippen LogP contribution in [0.3, 0.4) is 0 Å². The van der Waals surface area contributed by atoms with Crippen LogP contribution in [0.5, 0.6) is 0 Å². The van der Waals surface area contributed by atoms with Gasteiger partial charge in [0.2, 0.25) is 0 Å². The summed E-state index contributed by atoms with van der Waals surface area (Å²) in [5.41, 5.74) is 0. The van der Waals surface area contributed by atoms with Crippen LogP contribution in [0, 0.1) is 82.9 Å². The van der Waals surface area contributed by atoms with Crippen molar-refractivity contribution in [3.8, 4) is 0 Å². The van der Waals surface area contributed by atoms with Gasteiger partial charge in [-0.25, -0.2) is 0 Å². The first-order valence-corrected chi connectivity index (χ1v) is 28.4. The maximum atomic E-state index is 5.25. The Morgan fingerprint density at radius 2 is 0.587 bits per heavy atom. The lowest BCUT2D eigenvalue weighted by Gasteiger charge is -2.31. The normalized spacial score (nSPS) is 24.4. The van der Waals surface area contributed by atoms with Crippen molar-refractivity contribution in [3.05, 3.63) is 0 Å². The third-order valence-electron chi connectivity index (χ3n) is 16.5. The molecule has 0 bridgehead atoms. The fourth-order valence-corrected chi connectivity index (χ4v) is 10.3.